The quantitative estimate of drug-likeness (QED) is 0.190. The van der Waals surface area contributed by atoms with Gasteiger partial charge in [0.2, 0.25) is 0 Å². The fourth-order valence-corrected chi connectivity index (χ4v) is 2.46. The molecule has 3 atom stereocenters. The van der Waals surface area contributed by atoms with Gasteiger partial charge in [-0.2, -0.15) is 0 Å². The smallest absolute Gasteiger partial charge is 0.857 e. The molecule has 0 aromatic heterocycles. The van der Waals surface area contributed by atoms with Crippen LogP contribution in [0.2, 0.25) is 0 Å². The van der Waals surface area contributed by atoms with Crippen molar-refractivity contribution in [1.82, 2.24) is 0 Å². The van der Waals surface area contributed by atoms with Crippen LogP contribution in [-0.2, 0) is 72.0 Å². The molecule has 3 unspecified atom stereocenters. The van der Waals surface area contributed by atoms with Crippen molar-refractivity contribution in [3.8, 4) is 0 Å². The van der Waals surface area contributed by atoms with E-state index in [0.29, 0.717) is 0 Å². The molecule has 0 saturated heterocycles. The van der Waals surface area contributed by atoms with Crippen molar-refractivity contribution in [3.63, 3.8) is 0 Å². The summed E-state index contributed by atoms with van der Waals surface area (Å²) in [5.74, 6) is 0. The average Bonchev–Trinajstić information content (AvgIpc) is 2.04. The van der Waals surface area contributed by atoms with E-state index >= 15 is 0 Å². The van der Waals surface area contributed by atoms with Gasteiger partial charge in [0.25, 0.3) is 0 Å². The van der Waals surface area contributed by atoms with E-state index < -0.39 is 51.9 Å². The van der Waals surface area contributed by atoms with E-state index in [1.165, 1.54) is 0 Å². The Morgan fingerprint density at radius 2 is 0.630 bits per heavy atom. The van der Waals surface area contributed by atoms with Gasteiger partial charge < -0.3 is 57.8 Å². The second-order valence-corrected chi connectivity index (χ2v) is 8.98. The molecule has 0 rings (SSSR count). The van der Waals surface area contributed by atoms with E-state index in [9.17, 15) is 71.5 Å². The Morgan fingerprint density at radius 3 is 0.630 bits per heavy atom. The van der Waals surface area contributed by atoms with Crippen molar-refractivity contribution in [1.29, 1.82) is 0 Å². The molecule has 0 saturated carbocycles. The summed E-state index contributed by atoms with van der Waals surface area (Å²) in [5.41, 5.74) is 0. The van der Waals surface area contributed by atoms with Gasteiger partial charge in [-0.05, 0) is 40.8 Å². The Hall–Kier alpha value is 2.39. The Kier molecular flexibility index (Phi) is 32.6. The van der Waals surface area contributed by atoms with Gasteiger partial charge in [-0.3, -0.25) is 12.6 Å². The molecule has 27 heavy (non-hydrogen) atoms. The third kappa shape index (κ3) is 65.4. The average molecular weight is 649 g/mol. The zero-order chi connectivity index (χ0) is 20.4. The first-order chi connectivity index (χ1) is 10.2. The summed E-state index contributed by atoms with van der Waals surface area (Å²) in [6.45, 7) is 0. The van der Waals surface area contributed by atoms with Gasteiger partial charge in [0.1, 0.15) is 0 Å². The van der Waals surface area contributed by atoms with Gasteiger partial charge in [-0.25, -0.2) is 0 Å². The first kappa shape index (κ1) is 43.3. The molecule has 0 amide bonds. The van der Waals surface area contributed by atoms with Gasteiger partial charge >= 0.3 is 87.8 Å². The second kappa shape index (κ2) is 20.3. The minimum Gasteiger partial charge on any atom is -0.857 e. The fourth-order valence-electron chi connectivity index (χ4n) is 0.274. The maximum Gasteiger partial charge on any atom is 4.00 e. The molecule has 0 aromatic rings. The van der Waals surface area contributed by atoms with Gasteiger partial charge in [-0.1, -0.05) is 0 Å². The summed E-state index contributed by atoms with van der Waals surface area (Å²) in [6.07, 6.45) is 0. The molecule has 144 valence electrons. The van der Waals surface area contributed by atoms with Gasteiger partial charge in [0.15, 0.2) is 0 Å². The Morgan fingerprint density at radius 1 is 0.519 bits per heavy atom. The predicted octanol–water partition coefficient (Wildman–Crippen LogP) is -13.8. The first-order valence-corrected chi connectivity index (χ1v) is 12.3. The molecule has 0 radical (unpaired) electrons. The second-order valence-electron chi connectivity index (χ2n) is 2.44. The maximum atomic E-state index is 9.34. The van der Waals surface area contributed by atoms with Crippen molar-refractivity contribution in [2.45, 2.75) is 0 Å². The predicted molar refractivity (Wildman–Crippen MR) is 49.1 cm³/mol. The summed E-state index contributed by atoms with van der Waals surface area (Å²) in [4.78, 5) is 112. The van der Waals surface area contributed by atoms with Crippen LogP contribution in [-0.4, -0.2) is 44.5 Å². The van der Waals surface area contributed by atoms with Crippen LogP contribution in [0.15, 0.2) is 0 Å². The molecule has 18 nitrogen and oxygen atoms in total. The van der Waals surface area contributed by atoms with E-state index in [0.717, 1.165) is 0 Å². The van der Waals surface area contributed by atoms with Crippen LogP contribution < -0.4 is 57.8 Å². The Balaban J connectivity index is -0.0000000580. The zero-order valence-corrected chi connectivity index (χ0v) is 24.2. The minimum atomic E-state index is -5.57. The van der Waals surface area contributed by atoms with Crippen molar-refractivity contribution in [2.24, 2.45) is 0 Å². The molecule has 0 spiro atoms. The van der Waals surface area contributed by atoms with E-state index in [1.54, 1.807) is 0 Å². The zero-order valence-electron chi connectivity index (χ0n) is 12.0. The van der Waals surface area contributed by atoms with Crippen molar-refractivity contribution >= 4 is 69.3 Å². The van der Waals surface area contributed by atoms with Crippen LogP contribution in [0.1, 0.15) is 0 Å². The number of hydrogen-bond donors (Lipinski definition) is 0. The summed E-state index contributed by atoms with van der Waals surface area (Å²) in [6, 6.07) is 0. The first-order valence-electron chi connectivity index (χ1n) is 4.09. The van der Waals surface area contributed by atoms with Gasteiger partial charge in [0.05, 0.1) is 0 Å². The van der Waals surface area contributed by atoms with Crippen molar-refractivity contribution in [3.05, 3.63) is 0 Å². The number of hydrogen-bond acceptors (Lipinski definition) is 18. The Labute approximate surface area is 198 Å². The minimum absolute atomic E-state index is 0. The SMILES string of the molecule is O=[P+]([O-])O[Si]([O-])([O-])[O-].O=[P+]([O-])O[Si]([O-])([O-])[O-].O=[P+]([O-])O[Si]([O-])([O-])[O-].[Al+3].[Zn+2].[Zr+4]. The fraction of sp³-hybridized carbons (Fsp3) is 0. The van der Waals surface area contributed by atoms with Crippen LogP contribution in [0.3, 0.4) is 0 Å². The molecule has 0 heterocycles. The van der Waals surface area contributed by atoms with Crippen LogP contribution in [0.25, 0.3) is 0 Å². The molecular formula is AlO18P3Si3ZnZr. The molecule has 0 aliphatic carbocycles. The van der Waals surface area contributed by atoms with Crippen molar-refractivity contribution in [2.75, 3.05) is 0 Å². The van der Waals surface area contributed by atoms with Crippen molar-refractivity contribution < 1.29 is 130 Å². The topological polar surface area (TPSA) is 356 Å². The molecule has 0 aromatic carbocycles. The molecule has 0 aliphatic heterocycles. The van der Waals surface area contributed by atoms with Crippen LogP contribution >= 0.6 is 24.8 Å². The number of rotatable bonds is 6. The molecule has 27 heteroatoms. The molecule has 0 aliphatic rings. The third-order valence-corrected chi connectivity index (χ3v) is 5.03. The van der Waals surface area contributed by atoms with Gasteiger partial charge in [-0.15, -0.1) is 0 Å². The van der Waals surface area contributed by atoms with Crippen LogP contribution in [0.5, 0.6) is 0 Å². The van der Waals surface area contributed by atoms with E-state index in [-0.39, 0.29) is 63.0 Å². The third-order valence-electron chi connectivity index (χ3n) is 0.559. The van der Waals surface area contributed by atoms with Crippen LogP contribution in [0.4, 0.5) is 0 Å². The largest absolute Gasteiger partial charge is 4.00 e. The van der Waals surface area contributed by atoms with E-state index in [2.05, 4.69) is 12.6 Å². The van der Waals surface area contributed by atoms with Gasteiger partial charge in [0, 0.05) is 0 Å². The molecule has 0 fully saturated rings. The van der Waals surface area contributed by atoms with E-state index in [4.69, 9.17) is 0 Å². The molecule has 0 N–H and O–H groups in total. The molecular weight excluding hydrogens is 649 g/mol. The standard InChI is InChI=1S/Al.3O6PSi.Zn.Zr/c;3*1-7(2)6-8(3,4)5;;/q+3;3*-3;+2;+4. The summed E-state index contributed by atoms with van der Waals surface area (Å²) < 4.78 is 36.4. The summed E-state index contributed by atoms with van der Waals surface area (Å²) >= 11 is 0. The van der Waals surface area contributed by atoms with Crippen LogP contribution in [0, 0.1) is 0 Å². The van der Waals surface area contributed by atoms with E-state index in [1.807, 2.05) is 0 Å². The summed E-state index contributed by atoms with van der Waals surface area (Å²) in [7, 11) is -27.4. The summed E-state index contributed by atoms with van der Waals surface area (Å²) in [5, 5.41) is 0. The Bertz CT molecular complexity index is 354. The molecule has 0 bridgehead atoms. The normalized spacial score (nSPS) is 12.2. The monoisotopic (exact) mass is 646 g/mol. The maximum absolute atomic E-state index is 9.34.